The van der Waals surface area contributed by atoms with E-state index in [-0.39, 0.29) is 0 Å². The zero-order chi connectivity index (χ0) is 14.5. The highest BCUT2D eigenvalue weighted by Gasteiger charge is 2.20. The molecular weight excluding hydrogens is 274 g/mol. The number of rotatable bonds is 4. The van der Waals surface area contributed by atoms with Crippen LogP contribution in [-0.2, 0) is 4.79 Å². The van der Waals surface area contributed by atoms with Gasteiger partial charge < -0.3 is 10.0 Å². The van der Waals surface area contributed by atoms with E-state index < -0.39 is 5.97 Å². The molecule has 1 unspecified atom stereocenters. The zero-order valence-electron chi connectivity index (χ0n) is 11.7. The number of hydrogen-bond donors (Lipinski definition) is 1. The molecule has 1 saturated heterocycles. The molecular formula is C16H20ClNO2. The van der Waals surface area contributed by atoms with Crippen molar-refractivity contribution in [1.82, 2.24) is 0 Å². The molecule has 4 heteroatoms. The van der Waals surface area contributed by atoms with Crippen molar-refractivity contribution in [2.75, 3.05) is 18.0 Å². The van der Waals surface area contributed by atoms with Crippen molar-refractivity contribution in [2.24, 2.45) is 5.92 Å². The van der Waals surface area contributed by atoms with Crippen molar-refractivity contribution >= 4 is 29.3 Å². The SMILES string of the molecule is CCC1CCCN(c2cccc(Cl)c2/C=C/C(=O)O)C1. The van der Waals surface area contributed by atoms with Crippen LogP contribution in [0.3, 0.4) is 0 Å². The number of carboxylic acids is 1. The van der Waals surface area contributed by atoms with Gasteiger partial charge in [0.15, 0.2) is 0 Å². The molecule has 1 aromatic carbocycles. The average molecular weight is 294 g/mol. The van der Waals surface area contributed by atoms with Crippen LogP contribution in [0, 0.1) is 5.92 Å². The fraction of sp³-hybridized carbons (Fsp3) is 0.438. The predicted molar refractivity (Wildman–Crippen MR) is 83.3 cm³/mol. The van der Waals surface area contributed by atoms with Gasteiger partial charge in [-0.2, -0.15) is 0 Å². The Morgan fingerprint density at radius 3 is 3.05 bits per heavy atom. The Balaban J connectivity index is 2.30. The van der Waals surface area contributed by atoms with Gasteiger partial charge in [-0.1, -0.05) is 31.0 Å². The van der Waals surface area contributed by atoms with Crippen LogP contribution < -0.4 is 4.90 Å². The molecule has 2 rings (SSSR count). The third-order valence-corrected chi connectivity index (χ3v) is 4.19. The number of halogens is 1. The second-order valence-corrected chi connectivity index (χ2v) is 5.61. The lowest BCUT2D eigenvalue weighted by Crippen LogP contribution is -2.35. The number of benzene rings is 1. The lowest BCUT2D eigenvalue weighted by molar-refractivity contribution is -0.131. The highest BCUT2D eigenvalue weighted by molar-refractivity contribution is 6.32. The molecule has 0 aromatic heterocycles. The van der Waals surface area contributed by atoms with E-state index in [2.05, 4.69) is 11.8 Å². The summed E-state index contributed by atoms with van der Waals surface area (Å²) in [6.07, 6.45) is 6.36. The van der Waals surface area contributed by atoms with E-state index in [1.54, 1.807) is 12.1 Å². The van der Waals surface area contributed by atoms with Crippen LogP contribution in [0.2, 0.25) is 5.02 Å². The Bertz CT molecular complexity index is 513. The Morgan fingerprint density at radius 2 is 2.35 bits per heavy atom. The summed E-state index contributed by atoms with van der Waals surface area (Å²) in [7, 11) is 0. The summed E-state index contributed by atoms with van der Waals surface area (Å²) in [5.74, 6) is -0.250. The first kappa shape index (κ1) is 14.9. The fourth-order valence-corrected chi connectivity index (χ4v) is 2.97. The molecule has 3 nitrogen and oxygen atoms in total. The standard InChI is InChI=1S/C16H20ClNO2/c1-2-12-5-4-10-18(11-12)15-7-3-6-14(17)13(15)8-9-16(19)20/h3,6-9,12H,2,4-5,10-11H2,1H3,(H,19,20)/b9-8+. The van der Waals surface area contributed by atoms with Gasteiger partial charge in [0.1, 0.15) is 0 Å². The molecule has 0 bridgehead atoms. The van der Waals surface area contributed by atoms with Crippen molar-refractivity contribution in [1.29, 1.82) is 0 Å². The van der Waals surface area contributed by atoms with Crippen molar-refractivity contribution in [3.8, 4) is 0 Å². The first-order valence-corrected chi connectivity index (χ1v) is 7.44. The maximum absolute atomic E-state index is 10.7. The van der Waals surface area contributed by atoms with Gasteiger partial charge in [0.2, 0.25) is 0 Å². The van der Waals surface area contributed by atoms with Crippen molar-refractivity contribution in [3.63, 3.8) is 0 Å². The number of anilines is 1. The quantitative estimate of drug-likeness (QED) is 0.851. The first-order valence-electron chi connectivity index (χ1n) is 7.06. The summed E-state index contributed by atoms with van der Waals surface area (Å²) in [6.45, 7) is 4.24. The summed E-state index contributed by atoms with van der Waals surface area (Å²) < 4.78 is 0. The lowest BCUT2D eigenvalue weighted by atomic mass is 9.94. The summed E-state index contributed by atoms with van der Waals surface area (Å²) >= 11 is 6.23. The van der Waals surface area contributed by atoms with E-state index in [4.69, 9.17) is 16.7 Å². The number of aliphatic carboxylic acids is 1. The summed E-state index contributed by atoms with van der Waals surface area (Å²) in [6, 6.07) is 5.74. The molecule has 1 fully saturated rings. The number of hydrogen-bond acceptors (Lipinski definition) is 2. The maximum Gasteiger partial charge on any atom is 0.328 e. The van der Waals surface area contributed by atoms with E-state index >= 15 is 0 Å². The molecule has 108 valence electrons. The molecule has 1 aromatic rings. The minimum Gasteiger partial charge on any atom is -0.478 e. The highest BCUT2D eigenvalue weighted by atomic mass is 35.5. The van der Waals surface area contributed by atoms with Crippen LogP contribution in [-0.4, -0.2) is 24.2 Å². The van der Waals surface area contributed by atoms with Crippen LogP contribution in [0.15, 0.2) is 24.3 Å². The lowest BCUT2D eigenvalue weighted by Gasteiger charge is -2.35. The van der Waals surface area contributed by atoms with Gasteiger partial charge in [-0.25, -0.2) is 4.79 Å². The van der Waals surface area contributed by atoms with Crippen molar-refractivity contribution in [2.45, 2.75) is 26.2 Å². The van der Waals surface area contributed by atoms with Gasteiger partial charge in [0, 0.05) is 35.4 Å². The second-order valence-electron chi connectivity index (χ2n) is 5.21. The molecule has 1 aliphatic heterocycles. The Hall–Kier alpha value is -1.48. The van der Waals surface area contributed by atoms with Crippen LogP contribution in [0.1, 0.15) is 31.7 Å². The highest BCUT2D eigenvalue weighted by Crippen LogP contribution is 2.32. The fourth-order valence-electron chi connectivity index (χ4n) is 2.74. The van der Waals surface area contributed by atoms with Gasteiger partial charge >= 0.3 is 5.97 Å². The predicted octanol–water partition coefficient (Wildman–Crippen LogP) is 4.06. The molecule has 0 amide bonds. The van der Waals surface area contributed by atoms with E-state index in [0.29, 0.717) is 10.9 Å². The van der Waals surface area contributed by atoms with Gasteiger partial charge in [0.05, 0.1) is 0 Å². The second kappa shape index (κ2) is 6.80. The smallest absolute Gasteiger partial charge is 0.328 e. The summed E-state index contributed by atoms with van der Waals surface area (Å²) in [5.41, 5.74) is 1.83. The Kier molecular flexibility index (Phi) is 5.07. The van der Waals surface area contributed by atoms with Crippen LogP contribution in [0.4, 0.5) is 5.69 Å². The molecule has 0 radical (unpaired) electrons. The van der Waals surface area contributed by atoms with E-state index in [1.807, 2.05) is 12.1 Å². The minimum absolute atomic E-state index is 0.596. The minimum atomic E-state index is -0.957. The molecule has 0 spiro atoms. The largest absolute Gasteiger partial charge is 0.478 e. The van der Waals surface area contributed by atoms with Crippen LogP contribution in [0.25, 0.3) is 6.08 Å². The third kappa shape index (κ3) is 3.54. The third-order valence-electron chi connectivity index (χ3n) is 3.86. The van der Waals surface area contributed by atoms with E-state index in [0.717, 1.165) is 30.4 Å². The Labute approximate surface area is 124 Å². The average Bonchev–Trinajstić information content (AvgIpc) is 2.45. The van der Waals surface area contributed by atoms with Gasteiger partial charge in [-0.3, -0.25) is 0 Å². The summed E-state index contributed by atoms with van der Waals surface area (Å²) in [4.78, 5) is 13.1. The van der Waals surface area contributed by atoms with Crippen molar-refractivity contribution < 1.29 is 9.90 Å². The maximum atomic E-state index is 10.7. The number of nitrogens with zero attached hydrogens (tertiary/aromatic N) is 1. The van der Waals surface area contributed by atoms with Crippen LogP contribution >= 0.6 is 11.6 Å². The molecule has 1 heterocycles. The molecule has 1 atom stereocenters. The van der Waals surface area contributed by atoms with Crippen molar-refractivity contribution in [3.05, 3.63) is 34.9 Å². The van der Waals surface area contributed by atoms with Gasteiger partial charge in [0.25, 0.3) is 0 Å². The monoisotopic (exact) mass is 293 g/mol. The molecule has 1 N–H and O–H groups in total. The van der Waals surface area contributed by atoms with Gasteiger partial charge in [-0.05, 0) is 37.0 Å². The van der Waals surface area contributed by atoms with Crippen LogP contribution in [0.5, 0.6) is 0 Å². The Morgan fingerprint density at radius 1 is 1.55 bits per heavy atom. The molecule has 20 heavy (non-hydrogen) atoms. The van der Waals surface area contributed by atoms with Gasteiger partial charge in [-0.15, -0.1) is 0 Å². The first-order chi connectivity index (χ1) is 9.61. The zero-order valence-corrected chi connectivity index (χ0v) is 12.4. The summed E-state index contributed by atoms with van der Waals surface area (Å²) in [5, 5.41) is 9.40. The normalized spacial score (nSPS) is 19.5. The molecule has 1 aliphatic rings. The molecule has 0 aliphatic carbocycles. The number of piperidine rings is 1. The topological polar surface area (TPSA) is 40.5 Å². The number of carboxylic acid groups (broad SMARTS) is 1. The van der Waals surface area contributed by atoms with E-state index in [1.165, 1.54) is 19.3 Å². The van der Waals surface area contributed by atoms with E-state index in [9.17, 15) is 4.79 Å². The molecule has 0 saturated carbocycles. The number of carbonyl (C=O) groups is 1.